The molecule has 0 aliphatic rings. The number of nitrogen functional groups attached to an aromatic ring is 1. The second kappa shape index (κ2) is 24.0. The van der Waals surface area contributed by atoms with Crippen molar-refractivity contribution in [1.29, 1.82) is 0 Å². The summed E-state index contributed by atoms with van der Waals surface area (Å²) in [6.45, 7) is 10.6. The lowest BCUT2D eigenvalue weighted by Crippen LogP contribution is -2.26. The summed E-state index contributed by atoms with van der Waals surface area (Å²) in [7, 11) is 0. The molecule has 0 aliphatic heterocycles. The number of aryl methyl sites for hydroxylation is 2. The van der Waals surface area contributed by atoms with Crippen LogP contribution in [0.3, 0.4) is 0 Å². The van der Waals surface area contributed by atoms with Crippen molar-refractivity contribution < 1.29 is 38.0 Å². The lowest BCUT2D eigenvalue weighted by molar-refractivity contribution is -0.122. The number of anilines is 1. The van der Waals surface area contributed by atoms with E-state index >= 15 is 0 Å². The highest BCUT2D eigenvalue weighted by Crippen LogP contribution is 2.29. The quantitative estimate of drug-likeness (QED) is 0.103. The number of Topliss-reactive ketones (excluding diaryl/α,β-unsaturated/α-hetero) is 1. The molecule has 0 spiro atoms. The van der Waals surface area contributed by atoms with Crippen molar-refractivity contribution in [3.8, 4) is 0 Å². The number of nitrogens with two attached hydrogens (primary N) is 1. The van der Waals surface area contributed by atoms with Crippen LogP contribution in [0.1, 0.15) is 58.2 Å². The first-order valence-corrected chi connectivity index (χ1v) is 17.3. The summed E-state index contributed by atoms with van der Waals surface area (Å²) in [5, 5.41) is 4.06. The number of hydrogen-bond donors (Lipinski definition) is 2. The molecule has 3 N–H and O–H groups in total. The predicted octanol–water partition coefficient (Wildman–Crippen LogP) is 3.87. The highest BCUT2D eigenvalue weighted by Gasteiger charge is 2.17. The average molecular weight is 674 g/mol. The van der Waals surface area contributed by atoms with Crippen LogP contribution in [-0.2, 0) is 51.0 Å². The highest BCUT2D eigenvalue weighted by atomic mass is 16.6. The minimum atomic E-state index is -0.0187. The van der Waals surface area contributed by atoms with E-state index in [9.17, 15) is 9.59 Å². The molecule has 13 heteroatoms. The maximum absolute atomic E-state index is 12.3. The van der Waals surface area contributed by atoms with Crippen LogP contribution >= 0.6 is 0 Å². The molecule has 2 heterocycles. The van der Waals surface area contributed by atoms with E-state index in [2.05, 4.69) is 27.9 Å². The van der Waals surface area contributed by atoms with E-state index in [1.807, 2.05) is 18.2 Å². The zero-order valence-electron chi connectivity index (χ0n) is 28.8. The zero-order chi connectivity index (χ0) is 34.2. The van der Waals surface area contributed by atoms with Crippen LogP contribution in [0, 0.1) is 0 Å². The van der Waals surface area contributed by atoms with Crippen LogP contribution in [0.5, 0.6) is 0 Å². The lowest BCUT2D eigenvalue weighted by atomic mass is 10.2. The topological polar surface area (TPSA) is 158 Å². The van der Waals surface area contributed by atoms with E-state index in [-0.39, 0.29) is 11.7 Å². The normalized spacial score (nSPS) is 11.5. The molecule has 48 heavy (non-hydrogen) atoms. The van der Waals surface area contributed by atoms with Crippen LogP contribution in [0.2, 0.25) is 0 Å². The van der Waals surface area contributed by atoms with Crippen molar-refractivity contribution in [2.24, 2.45) is 0 Å². The highest BCUT2D eigenvalue weighted by molar-refractivity contribution is 6.06. The van der Waals surface area contributed by atoms with Crippen molar-refractivity contribution in [2.45, 2.75) is 65.3 Å². The summed E-state index contributed by atoms with van der Waals surface area (Å²) >= 11 is 0. The third-order valence-electron chi connectivity index (χ3n) is 7.51. The van der Waals surface area contributed by atoms with Crippen LogP contribution in [-0.4, -0.2) is 112 Å². The number of unbranched alkanes of at least 4 members (excludes halogenated alkanes) is 2. The molecule has 0 unspecified atom stereocenters. The van der Waals surface area contributed by atoms with Crippen molar-refractivity contribution in [1.82, 2.24) is 19.9 Å². The molecule has 0 bridgehead atoms. The fraction of sp³-hybridized carbons (Fsp3) is 0.657. The lowest BCUT2D eigenvalue weighted by Gasteiger charge is -2.11. The maximum atomic E-state index is 12.3. The fourth-order valence-corrected chi connectivity index (χ4v) is 4.97. The number of aromatic nitrogens is 3. The Balaban J connectivity index is 1.15. The van der Waals surface area contributed by atoms with Gasteiger partial charge in [0.25, 0.3) is 0 Å². The second-order valence-corrected chi connectivity index (χ2v) is 11.4. The van der Waals surface area contributed by atoms with E-state index in [0.29, 0.717) is 104 Å². The molecule has 13 nitrogen and oxygen atoms in total. The van der Waals surface area contributed by atoms with Gasteiger partial charge in [0.2, 0.25) is 5.91 Å². The van der Waals surface area contributed by atoms with Gasteiger partial charge in [0.1, 0.15) is 17.1 Å². The predicted molar refractivity (Wildman–Crippen MR) is 185 cm³/mol. The molecular formula is C35H55N5O8. The van der Waals surface area contributed by atoms with Gasteiger partial charge in [0, 0.05) is 37.7 Å². The smallest absolute Gasteiger partial charge is 0.222 e. The number of para-hydroxylation sites is 1. The van der Waals surface area contributed by atoms with Crippen molar-refractivity contribution >= 4 is 39.4 Å². The molecule has 0 radical (unpaired) electrons. The van der Waals surface area contributed by atoms with Gasteiger partial charge in [-0.25, -0.2) is 9.97 Å². The molecule has 3 aromatic rings. The van der Waals surface area contributed by atoms with Crippen molar-refractivity contribution in [3.05, 3.63) is 30.1 Å². The van der Waals surface area contributed by atoms with E-state index < -0.39 is 0 Å². The number of nitrogens with zero attached hydrogens (tertiary/aromatic N) is 3. The Kier molecular flexibility index (Phi) is 19.6. The van der Waals surface area contributed by atoms with Crippen molar-refractivity contribution in [2.75, 3.05) is 91.6 Å². The Hall–Kier alpha value is -3.20. The average Bonchev–Trinajstić information content (AvgIpc) is 3.45. The molecule has 0 saturated carbocycles. The molecular weight excluding hydrogens is 618 g/mol. The molecule has 0 saturated heterocycles. The Morgan fingerprint density at radius 1 is 0.750 bits per heavy atom. The van der Waals surface area contributed by atoms with Gasteiger partial charge in [-0.15, -0.1) is 0 Å². The van der Waals surface area contributed by atoms with E-state index in [1.165, 1.54) is 0 Å². The number of imidazole rings is 1. The Morgan fingerprint density at radius 2 is 1.31 bits per heavy atom. The number of pyridine rings is 1. The standard InChI is InChI=1S/C35H55N5O8/c1-3-4-11-31-39-33-34(29-9-5-6-10-30(29)38-35(33)36)40(31)15-8-7-14-37-32(42)13-17-44-19-21-46-23-25-48-27-26-47-24-22-45-20-18-43-16-12-28(2)41/h5-6,9-10H,3-4,7-8,11-27H2,1-2H3,(H2,36,38)(H,37,42). The number of rotatable bonds is 29. The molecule has 0 aliphatic carbocycles. The Bertz CT molecular complexity index is 1350. The van der Waals surface area contributed by atoms with E-state index in [4.69, 9.17) is 39.1 Å². The monoisotopic (exact) mass is 673 g/mol. The summed E-state index contributed by atoms with van der Waals surface area (Å²) in [4.78, 5) is 32.5. The van der Waals surface area contributed by atoms with Crippen molar-refractivity contribution in [3.63, 3.8) is 0 Å². The number of carbonyl (C=O) groups excluding carboxylic acids is 2. The van der Waals surface area contributed by atoms with Gasteiger partial charge < -0.3 is 44.0 Å². The minimum Gasteiger partial charge on any atom is -0.382 e. The molecule has 1 amide bonds. The number of benzene rings is 1. The molecule has 1 aromatic carbocycles. The van der Waals surface area contributed by atoms with Crippen LogP contribution < -0.4 is 11.1 Å². The van der Waals surface area contributed by atoms with Gasteiger partial charge in [-0.1, -0.05) is 31.5 Å². The summed E-state index contributed by atoms with van der Waals surface area (Å²) in [6, 6.07) is 8.05. The summed E-state index contributed by atoms with van der Waals surface area (Å²) in [5.41, 5.74) is 9.00. The van der Waals surface area contributed by atoms with Gasteiger partial charge in [-0.2, -0.15) is 0 Å². The van der Waals surface area contributed by atoms with Gasteiger partial charge in [-0.05, 0) is 32.3 Å². The number of ether oxygens (including phenoxy) is 6. The summed E-state index contributed by atoms with van der Waals surface area (Å²) in [5.74, 6) is 1.61. The minimum absolute atomic E-state index is 0.0187. The van der Waals surface area contributed by atoms with Gasteiger partial charge in [-0.3, -0.25) is 9.59 Å². The first-order chi connectivity index (χ1) is 23.5. The number of nitrogens with one attached hydrogen (secondary N) is 1. The third-order valence-corrected chi connectivity index (χ3v) is 7.51. The molecule has 0 fully saturated rings. The van der Waals surface area contributed by atoms with E-state index in [0.717, 1.165) is 66.4 Å². The number of amides is 1. The van der Waals surface area contributed by atoms with Gasteiger partial charge >= 0.3 is 0 Å². The Morgan fingerprint density at radius 3 is 1.90 bits per heavy atom. The second-order valence-electron chi connectivity index (χ2n) is 11.4. The number of fused-ring (bicyclic) bond motifs is 3. The van der Waals surface area contributed by atoms with Gasteiger partial charge in [0.15, 0.2) is 5.82 Å². The SMILES string of the molecule is CCCCc1nc2c(N)nc3ccccc3c2n1CCCCNC(=O)CCOCCOCCOCCOCCOCCOCCC(C)=O. The zero-order valence-corrected chi connectivity index (χ0v) is 28.8. The summed E-state index contributed by atoms with van der Waals surface area (Å²) in [6.07, 6.45) is 5.56. The van der Waals surface area contributed by atoms with Crippen LogP contribution in [0.25, 0.3) is 21.9 Å². The molecule has 268 valence electrons. The van der Waals surface area contributed by atoms with Gasteiger partial charge in [0.05, 0.1) is 90.3 Å². The number of hydrogen-bond acceptors (Lipinski definition) is 11. The molecule has 0 atom stereocenters. The fourth-order valence-electron chi connectivity index (χ4n) is 4.97. The number of ketones is 1. The first kappa shape index (κ1) is 39.2. The van der Waals surface area contributed by atoms with E-state index in [1.54, 1.807) is 6.92 Å². The van der Waals surface area contributed by atoms with Crippen LogP contribution in [0.4, 0.5) is 5.82 Å². The van der Waals surface area contributed by atoms with Crippen LogP contribution in [0.15, 0.2) is 24.3 Å². The third kappa shape index (κ3) is 14.9. The maximum Gasteiger partial charge on any atom is 0.222 e. The largest absolute Gasteiger partial charge is 0.382 e. The number of carbonyl (C=O) groups is 2. The molecule has 3 rings (SSSR count). The first-order valence-electron chi connectivity index (χ1n) is 17.3. The summed E-state index contributed by atoms with van der Waals surface area (Å²) < 4.78 is 34.9. The molecule has 2 aromatic heterocycles. The Labute approximate surface area is 284 Å².